The number of halogens is 1. The molecule has 0 aromatic heterocycles. The smallest absolute Gasteiger partial charge is 0.133 e. The molecule has 0 amide bonds. The summed E-state index contributed by atoms with van der Waals surface area (Å²) < 4.78 is 6.53. The topological polar surface area (TPSA) is 32.7 Å². The van der Waals surface area contributed by atoms with Crippen LogP contribution < -0.4 is 4.74 Å². The third-order valence-corrected chi connectivity index (χ3v) is 3.56. The lowest BCUT2D eigenvalue weighted by Crippen LogP contribution is -2.35. The van der Waals surface area contributed by atoms with Gasteiger partial charge in [-0.15, -0.1) is 0 Å². The number of phenolic OH excluding ortho intramolecular Hbond substituents is 1. The Labute approximate surface area is 104 Å². The largest absolute Gasteiger partial charge is 0.507 e. The first-order chi connectivity index (χ1) is 7.65. The van der Waals surface area contributed by atoms with Gasteiger partial charge in [0.2, 0.25) is 0 Å². The monoisotopic (exact) mass is 285 g/mol. The molecule has 1 N–H and O–H groups in total. The molecule has 0 aliphatic carbocycles. The number of aromatic hydroxyl groups is 1. The van der Waals surface area contributed by atoms with Gasteiger partial charge in [-0.25, -0.2) is 0 Å². The molecule has 1 aliphatic rings. The predicted octanol–water partition coefficient (Wildman–Crippen LogP) is 2.63. The third-order valence-electron chi connectivity index (χ3n) is 2.89. The molecule has 0 unspecified atom stereocenters. The maximum atomic E-state index is 9.54. The van der Waals surface area contributed by atoms with E-state index in [0.29, 0.717) is 4.47 Å². The number of ether oxygens (including phenoxy) is 1. The number of hydrogen-bond acceptors (Lipinski definition) is 3. The predicted molar refractivity (Wildman–Crippen MR) is 67.0 cm³/mol. The minimum Gasteiger partial charge on any atom is -0.507 e. The van der Waals surface area contributed by atoms with E-state index in [9.17, 15) is 5.11 Å². The first-order valence-corrected chi connectivity index (χ1v) is 6.28. The second-order valence-corrected chi connectivity index (χ2v) is 5.09. The molecule has 2 rings (SSSR count). The molecule has 1 fully saturated rings. The number of rotatable bonds is 2. The minimum absolute atomic E-state index is 0.227. The highest BCUT2D eigenvalue weighted by molar-refractivity contribution is 9.10. The average Bonchev–Trinajstić information content (AvgIpc) is 2.27. The Bertz CT molecular complexity index is 362. The van der Waals surface area contributed by atoms with Gasteiger partial charge in [0.1, 0.15) is 17.6 Å². The van der Waals surface area contributed by atoms with Crippen LogP contribution in [0.2, 0.25) is 0 Å². The number of likely N-dealkylation sites (tertiary alicyclic amines) is 1. The molecule has 0 bridgehead atoms. The number of phenols is 1. The number of piperidine rings is 1. The quantitative estimate of drug-likeness (QED) is 0.907. The van der Waals surface area contributed by atoms with E-state index in [2.05, 4.69) is 27.9 Å². The van der Waals surface area contributed by atoms with Crippen molar-refractivity contribution < 1.29 is 9.84 Å². The Morgan fingerprint density at radius 3 is 2.69 bits per heavy atom. The number of hydrogen-bond donors (Lipinski definition) is 1. The van der Waals surface area contributed by atoms with Crippen LogP contribution in [0.3, 0.4) is 0 Å². The Balaban J connectivity index is 1.96. The summed E-state index contributed by atoms with van der Waals surface area (Å²) in [6, 6.07) is 5.34. The lowest BCUT2D eigenvalue weighted by Gasteiger charge is -2.29. The van der Waals surface area contributed by atoms with Gasteiger partial charge in [0.15, 0.2) is 0 Å². The summed E-state index contributed by atoms with van der Waals surface area (Å²) in [6.45, 7) is 2.15. The standard InChI is InChI=1S/C12H16BrNO2/c1-14-6-4-9(5-7-14)16-10-2-3-11(13)12(15)8-10/h2-3,8-9,15H,4-7H2,1H3. The van der Waals surface area contributed by atoms with Gasteiger partial charge in [-0.3, -0.25) is 0 Å². The lowest BCUT2D eigenvalue weighted by atomic mass is 10.1. The van der Waals surface area contributed by atoms with E-state index >= 15 is 0 Å². The molecule has 3 nitrogen and oxygen atoms in total. The summed E-state index contributed by atoms with van der Waals surface area (Å²) in [5.74, 6) is 0.973. The van der Waals surface area contributed by atoms with Crippen LogP contribution in [-0.2, 0) is 0 Å². The van der Waals surface area contributed by atoms with E-state index in [1.54, 1.807) is 12.1 Å². The molecule has 0 saturated carbocycles. The average molecular weight is 286 g/mol. The Hall–Kier alpha value is -0.740. The number of benzene rings is 1. The van der Waals surface area contributed by atoms with E-state index in [0.717, 1.165) is 31.7 Å². The van der Waals surface area contributed by atoms with Crippen LogP contribution >= 0.6 is 15.9 Å². The third kappa shape index (κ3) is 2.89. The van der Waals surface area contributed by atoms with E-state index < -0.39 is 0 Å². The van der Waals surface area contributed by atoms with E-state index in [1.807, 2.05) is 6.07 Å². The van der Waals surface area contributed by atoms with E-state index in [-0.39, 0.29) is 11.9 Å². The van der Waals surface area contributed by atoms with Gasteiger partial charge in [0.05, 0.1) is 4.47 Å². The molecule has 16 heavy (non-hydrogen) atoms. The van der Waals surface area contributed by atoms with Crippen molar-refractivity contribution in [3.63, 3.8) is 0 Å². The second kappa shape index (κ2) is 5.06. The van der Waals surface area contributed by atoms with Crippen molar-refractivity contribution in [2.24, 2.45) is 0 Å². The molecule has 1 aromatic carbocycles. The summed E-state index contributed by atoms with van der Waals surface area (Å²) in [5.41, 5.74) is 0. The van der Waals surface area contributed by atoms with Crippen LogP contribution in [0, 0.1) is 0 Å². The van der Waals surface area contributed by atoms with Crippen molar-refractivity contribution in [2.45, 2.75) is 18.9 Å². The highest BCUT2D eigenvalue weighted by atomic mass is 79.9. The Kier molecular flexibility index (Phi) is 3.71. The van der Waals surface area contributed by atoms with Crippen LogP contribution in [0.4, 0.5) is 0 Å². The molecule has 0 spiro atoms. The molecule has 1 aromatic rings. The molecule has 0 radical (unpaired) electrons. The van der Waals surface area contributed by atoms with E-state index in [1.165, 1.54) is 0 Å². The molecule has 4 heteroatoms. The highest BCUT2D eigenvalue weighted by Crippen LogP contribution is 2.29. The first kappa shape index (κ1) is 11.7. The molecule has 88 valence electrons. The fourth-order valence-electron chi connectivity index (χ4n) is 1.86. The Morgan fingerprint density at radius 1 is 1.38 bits per heavy atom. The number of nitrogens with zero attached hydrogens (tertiary/aromatic N) is 1. The van der Waals surface area contributed by atoms with Gasteiger partial charge in [0, 0.05) is 19.2 Å². The van der Waals surface area contributed by atoms with Crippen molar-refractivity contribution in [1.82, 2.24) is 4.90 Å². The lowest BCUT2D eigenvalue weighted by molar-refractivity contribution is 0.114. The highest BCUT2D eigenvalue weighted by Gasteiger charge is 2.18. The molecule has 1 saturated heterocycles. The fourth-order valence-corrected chi connectivity index (χ4v) is 2.11. The van der Waals surface area contributed by atoms with Gasteiger partial charge in [0.25, 0.3) is 0 Å². The van der Waals surface area contributed by atoms with Crippen LogP contribution in [0.15, 0.2) is 22.7 Å². The minimum atomic E-state index is 0.227. The van der Waals surface area contributed by atoms with Gasteiger partial charge >= 0.3 is 0 Å². The second-order valence-electron chi connectivity index (χ2n) is 4.23. The molecular weight excluding hydrogens is 270 g/mol. The first-order valence-electron chi connectivity index (χ1n) is 5.49. The van der Waals surface area contributed by atoms with Crippen LogP contribution in [-0.4, -0.2) is 36.2 Å². The summed E-state index contributed by atoms with van der Waals surface area (Å²) >= 11 is 3.25. The summed E-state index contributed by atoms with van der Waals surface area (Å²) in [4.78, 5) is 2.30. The molecule has 1 aliphatic heterocycles. The van der Waals surface area contributed by atoms with Crippen LogP contribution in [0.1, 0.15) is 12.8 Å². The molecular formula is C12H16BrNO2. The van der Waals surface area contributed by atoms with E-state index in [4.69, 9.17) is 4.74 Å². The zero-order valence-electron chi connectivity index (χ0n) is 9.32. The van der Waals surface area contributed by atoms with Crippen molar-refractivity contribution in [3.8, 4) is 11.5 Å². The van der Waals surface area contributed by atoms with Crippen molar-refractivity contribution in [3.05, 3.63) is 22.7 Å². The van der Waals surface area contributed by atoms with Crippen molar-refractivity contribution >= 4 is 15.9 Å². The summed E-state index contributed by atoms with van der Waals surface area (Å²) in [5, 5.41) is 9.54. The normalized spacial score (nSPS) is 18.6. The van der Waals surface area contributed by atoms with Crippen LogP contribution in [0.25, 0.3) is 0 Å². The van der Waals surface area contributed by atoms with Gasteiger partial charge < -0.3 is 14.7 Å². The van der Waals surface area contributed by atoms with Crippen molar-refractivity contribution in [2.75, 3.05) is 20.1 Å². The Morgan fingerprint density at radius 2 is 2.06 bits per heavy atom. The fraction of sp³-hybridized carbons (Fsp3) is 0.500. The van der Waals surface area contributed by atoms with Gasteiger partial charge in [-0.05, 0) is 48.0 Å². The van der Waals surface area contributed by atoms with Crippen molar-refractivity contribution in [1.29, 1.82) is 0 Å². The summed E-state index contributed by atoms with van der Waals surface area (Å²) in [7, 11) is 2.13. The molecule has 0 atom stereocenters. The van der Waals surface area contributed by atoms with Gasteiger partial charge in [-0.1, -0.05) is 0 Å². The van der Waals surface area contributed by atoms with Gasteiger partial charge in [-0.2, -0.15) is 0 Å². The zero-order valence-corrected chi connectivity index (χ0v) is 10.9. The maximum Gasteiger partial charge on any atom is 0.133 e. The SMILES string of the molecule is CN1CCC(Oc2ccc(Br)c(O)c2)CC1. The maximum absolute atomic E-state index is 9.54. The van der Waals surface area contributed by atoms with Crippen LogP contribution in [0.5, 0.6) is 11.5 Å². The molecule has 1 heterocycles. The summed E-state index contributed by atoms with van der Waals surface area (Å²) in [6.07, 6.45) is 2.37. The zero-order chi connectivity index (χ0) is 11.5.